The summed E-state index contributed by atoms with van der Waals surface area (Å²) in [6.45, 7) is 5.35. The lowest BCUT2D eigenvalue weighted by Crippen LogP contribution is -2.36. The van der Waals surface area contributed by atoms with Crippen LogP contribution in [0.2, 0.25) is 0 Å². The molecule has 8 heteroatoms. The van der Waals surface area contributed by atoms with E-state index in [2.05, 4.69) is 6.92 Å². The Balaban J connectivity index is 2.30. The highest BCUT2D eigenvalue weighted by Crippen LogP contribution is 2.32. The van der Waals surface area contributed by atoms with Gasteiger partial charge in [-0.25, -0.2) is 0 Å². The summed E-state index contributed by atoms with van der Waals surface area (Å²) in [7, 11) is 0. The Bertz CT molecular complexity index is 683. The Hall–Kier alpha value is -2.64. The number of carboxylic acid groups (broad SMARTS) is 1. The molecule has 1 aromatic rings. The van der Waals surface area contributed by atoms with E-state index >= 15 is 0 Å². The summed E-state index contributed by atoms with van der Waals surface area (Å²) in [5.74, 6) is -1.01. The highest BCUT2D eigenvalue weighted by Gasteiger charge is 2.26. The molecule has 0 unspecified atom stereocenters. The molecule has 1 saturated heterocycles. The number of hydrogen-bond acceptors (Lipinski definition) is 5. The average molecular weight is 363 g/mol. The van der Waals surface area contributed by atoms with E-state index < -0.39 is 23.3 Å². The number of nitro benzene ring substituents is 1. The zero-order valence-electron chi connectivity index (χ0n) is 15.2. The summed E-state index contributed by atoms with van der Waals surface area (Å²) in [6, 6.07) is 4.42. The number of aliphatic carboxylic acids is 1. The van der Waals surface area contributed by atoms with Gasteiger partial charge in [0, 0.05) is 31.3 Å². The first-order valence-electron chi connectivity index (χ1n) is 8.88. The van der Waals surface area contributed by atoms with Gasteiger partial charge in [-0.2, -0.15) is 0 Å². The lowest BCUT2D eigenvalue weighted by molar-refractivity contribution is -0.384. The molecule has 2 rings (SSSR count). The van der Waals surface area contributed by atoms with Crippen molar-refractivity contribution in [2.45, 2.75) is 33.1 Å². The molecule has 1 aliphatic rings. The fourth-order valence-corrected chi connectivity index (χ4v) is 3.19. The lowest BCUT2D eigenvalue weighted by Gasteiger charge is -2.31. The number of benzene rings is 1. The molecule has 142 valence electrons. The third-order valence-electron chi connectivity index (χ3n) is 4.65. The monoisotopic (exact) mass is 363 g/mol. The van der Waals surface area contributed by atoms with Crippen LogP contribution in [-0.4, -0.2) is 53.0 Å². The van der Waals surface area contributed by atoms with Gasteiger partial charge in [-0.3, -0.25) is 19.7 Å². The molecular weight excluding hydrogens is 338 g/mol. The Kier molecular flexibility index (Phi) is 6.54. The quantitative estimate of drug-likeness (QED) is 0.590. The predicted octanol–water partition coefficient (Wildman–Crippen LogP) is 2.77. The molecule has 0 atom stereocenters. The molecule has 8 nitrogen and oxygen atoms in total. The van der Waals surface area contributed by atoms with Gasteiger partial charge in [0.2, 0.25) is 0 Å². The number of anilines is 1. The van der Waals surface area contributed by atoms with E-state index in [1.807, 2.05) is 11.8 Å². The first kappa shape index (κ1) is 19.7. The summed E-state index contributed by atoms with van der Waals surface area (Å²) < 4.78 is 0. The van der Waals surface area contributed by atoms with Gasteiger partial charge in [-0.05, 0) is 37.3 Å². The third-order valence-corrected chi connectivity index (χ3v) is 4.65. The summed E-state index contributed by atoms with van der Waals surface area (Å²) >= 11 is 0. The minimum atomic E-state index is -1.11. The van der Waals surface area contributed by atoms with Crippen LogP contribution < -0.4 is 4.90 Å². The highest BCUT2D eigenvalue weighted by molar-refractivity contribution is 5.97. The first-order valence-corrected chi connectivity index (χ1v) is 8.88. The van der Waals surface area contributed by atoms with E-state index in [0.717, 1.165) is 25.9 Å². The van der Waals surface area contributed by atoms with E-state index in [4.69, 9.17) is 5.11 Å². The van der Waals surface area contributed by atoms with Gasteiger partial charge in [0.25, 0.3) is 11.6 Å². The number of nitrogens with zero attached hydrogens (tertiary/aromatic N) is 3. The first-order chi connectivity index (χ1) is 12.3. The molecule has 0 aromatic heterocycles. The van der Waals surface area contributed by atoms with E-state index in [-0.39, 0.29) is 17.8 Å². The molecular formula is C18H25N3O5. The van der Waals surface area contributed by atoms with Crippen LogP contribution in [0.4, 0.5) is 11.4 Å². The van der Waals surface area contributed by atoms with Gasteiger partial charge in [-0.1, -0.05) is 13.8 Å². The molecule has 0 bridgehead atoms. The number of carbonyl (C=O) groups excluding carboxylic acids is 1. The Morgan fingerprint density at radius 3 is 2.54 bits per heavy atom. The van der Waals surface area contributed by atoms with Crippen molar-refractivity contribution in [2.24, 2.45) is 5.92 Å². The largest absolute Gasteiger partial charge is 0.480 e. The summed E-state index contributed by atoms with van der Waals surface area (Å²) in [6.07, 6.45) is 2.55. The Morgan fingerprint density at radius 1 is 1.35 bits per heavy atom. The van der Waals surface area contributed by atoms with Gasteiger partial charge < -0.3 is 14.9 Å². The molecule has 0 spiro atoms. The zero-order valence-corrected chi connectivity index (χ0v) is 15.2. The van der Waals surface area contributed by atoms with Crippen molar-refractivity contribution in [3.05, 3.63) is 33.9 Å². The molecule has 26 heavy (non-hydrogen) atoms. The molecule has 0 radical (unpaired) electrons. The van der Waals surface area contributed by atoms with Crippen molar-refractivity contribution < 1.29 is 19.6 Å². The van der Waals surface area contributed by atoms with Crippen molar-refractivity contribution >= 4 is 23.3 Å². The van der Waals surface area contributed by atoms with Gasteiger partial charge >= 0.3 is 5.97 Å². The predicted molar refractivity (Wildman–Crippen MR) is 97.5 cm³/mol. The number of carbonyl (C=O) groups is 2. The molecule has 1 N–H and O–H groups in total. The van der Waals surface area contributed by atoms with Crippen LogP contribution in [0.15, 0.2) is 18.2 Å². The van der Waals surface area contributed by atoms with Crippen LogP contribution in [0.25, 0.3) is 0 Å². The van der Waals surface area contributed by atoms with Gasteiger partial charge in [-0.15, -0.1) is 0 Å². The molecule has 1 aliphatic heterocycles. The summed E-state index contributed by atoms with van der Waals surface area (Å²) in [5, 5.41) is 20.5. The van der Waals surface area contributed by atoms with Crippen LogP contribution >= 0.6 is 0 Å². The van der Waals surface area contributed by atoms with Crippen LogP contribution in [0.3, 0.4) is 0 Å². The zero-order chi connectivity index (χ0) is 19.3. The molecule has 0 aliphatic carbocycles. The second kappa shape index (κ2) is 8.64. The maximum absolute atomic E-state index is 12.6. The van der Waals surface area contributed by atoms with E-state index in [9.17, 15) is 19.7 Å². The van der Waals surface area contributed by atoms with Crippen LogP contribution in [0.5, 0.6) is 0 Å². The van der Waals surface area contributed by atoms with Crippen LogP contribution in [0.1, 0.15) is 43.5 Å². The minimum Gasteiger partial charge on any atom is -0.480 e. The fourth-order valence-electron chi connectivity index (χ4n) is 3.19. The molecule has 1 amide bonds. The maximum Gasteiger partial charge on any atom is 0.323 e. The Labute approximate surface area is 152 Å². The SMILES string of the molecule is CCCN(CC(=O)O)C(=O)c1ccc(N2CCC(C)CC2)c([N+](=O)[O-])c1. The number of rotatable bonds is 7. The highest BCUT2D eigenvalue weighted by atomic mass is 16.6. The van der Waals surface area contributed by atoms with Crippen molar-refractivity contribution in [1.29, 1.82) is 0 Å². The van der Waals surface area contributed by atoms with Crippen molar-refractivity contribution in [3.8, 4) is 0 Å². The second-order valence-corrected chi connectivity index (χ2v) is 6.75. The smallest absolute Gasteiger partial charge is 0.323 e. The molecule has 1 aromatic carbocycles. The fraction of sp³-hybridized carbons (Fsp3) is 0.556. The average Bonchev–Trinajstić information content (AvgIpc) is 2.60. The topological polar surface area (TPSA) is 104 Å². The third kappa shape index (κ3) is 4.71. The van der Waals surface area contributed by atoms with Crippen molar-refractivity contribution in [1.82, 2.24) is 4.90 Å². The number of nitro groups is 1. The Morgan fingerprint density at radius 2 is 2.00 bits per heavy atom. The number of piperidine rings is 1. The van der Waals surface area contributed by atoms with E-state index in [1.165, 1.54) is 11.0 Å². The second-order valence-electron chi connectivity index (χ2n) is 6.75. The number of amides is 1. The minimum absolute atomic E-state index is 0.114. The molecule has 1 fully saturated rings. The van der Waals surface area contributed by atoms with E-state index in [0.29, 0.717) is 18.0 Å². The maximum atomic E-state index is 12.6. The summed E-state index contributed by atoms with van der Waals surface area (Å²) in [5.41, 5.74) is 0.538. The normalized spacial score (nSPS) is 14.9. The molecule has 0 saturated carbocycles. The number of hydrogen-bond donors (Lipinski definition) is 1. The van der Waals surface area contributed by atoms with Crippen molar-refractivity contribution in [3.63, 3.8) is 0 Å². The van der Waals surface area contributed by atoms with Crippen LogP contribution in [0, 0.1) is 16.0 Å². The molecule has 1 heterocycles. The summed E-state index contributed by atoms with van der Waals surface area (Å²) in [4.78, 5) is 37.8. The van der Waals surface area contributed by atoms with Crippen molar-refractivity contribution in [2.75, 3.05) is 31.1 Å². The van der Waals surface area contributed by atoms with Gasteiger partial charge in [0.1, 0.15) is 12.2 Å². The van der Waals surface area contributed by atoms with Gasteiger partial charge in [0.15, 0.2) is 0 Å². The number of carboxylic acids is 1. The standard InChI is InChI=1S/C18H25N3O5/c1-3-8-20(12-17(22)23)18(24)14-4-5-15(16(11-14)21(25)26)19-9-6-13(2)7-10-19/h4-5,11,13H,3,6-10,12H2,1-2H3,(H,22,23). The van der Waals surface area contributed by atoms with Crippen LogP contribution in [-0.2, 0) is 4.79 Å². The van der Waals surface area contributed by atoms with Gasteiger partial charge in [0.05, 0.1) is 4.92 Å². The van der Waals surface area contributed by atoms with E-state index in [1.54, 1.807) is 12.1 Å². The lowest BCUT2D eigenvalue weighted by atomic mass is 9.98.